The van der Waals surface area contributed by atoms with Gasteiger partial charge >= 0.3 is 0 Å². The van der Waals surface area contributed by atoms with Gasteiger partial charge in [0.25, 0.3) is 0 Å². The van der Waals surface area contributed by atoms with E-state index in [4.69, 9.17) is 17.3 Å². The average Bonchev–Trinajstić information content (AvgIpc) is 2.88. The third-order valence-electron chi connectivity index (χ3n) is 2.38. The van der Waals surface area contributed by atoms with Gasteiger partial charge in [-0.2, -0.15) is 0 Å². The van der Waals surface area contributed by atoms with E-state index in [1.165, 1.54) is 16.8 Å². The second kappa shape index (κ2) is 7.34. The summed E-state index contributed by atoms with van der Waals surface area (Å²) in [6.07, 6.45) is 0. The number of nitrogens with zero attached hydrogens (tertiary/aromatic N) is 4. The number of carbonyl (C=O) groups is 1. The number of carbonyl (C=O) groups excluding carboxylic acids is 1. The smallest absolute Gasteiger partial charge is 0.234 e. The molecule has 7 nitrogen and oxygen atoms in total. The Morgan fingerprint density at radius 2 is 2.33 bits per heavy atom. The minimum atomic E-state index is -0.589. The molecule has 10 heteroatoms. The Labute approximate surface area is 129 Å². The summed E-state index contributed by atoms with van der Waals surface area (Å²) >= 11 is 6.78. The van der Waals surface area contributed by atoms with Crippen molar-refractivity contribution in [2.24, 2.45) is 5.73 Å². The molecule has 1 aromatic carbocycles. The monoisotopic (exact) mass is 330 g/mol. The lowest BCUT2D eigenvalue weighted by atomic mass is 10.3. The van der Waals surface area contributed by atoms with E-state index >= 15 is 0 Å². The molecule has 0 atom stereocenters. The van der Waals surface area contributed by atoms with E-state index in [-0.39, 0.29) is 22.4 Å². The molecule has 1 aromatic heterocycles. The number of amides is 1. The molecule has 0 spiro atoms. The molecule has 0 aliphatic heterocycles. The Balaban J connectivity index is 1.91. The van der Waals surface area contributed by atoms with Crippen molar-refractivity contribution in [3.8, 4) is 0 Å². The van der Waals surface area contributed by atoms with E-state index in [1.54, 1.807) is 0 Å². The molecule has 0 saturated carbocycles. The quantitative estimate of drug-likeness (QED) is 0.771. The van der Waals surface area contributed by atoms with Gasteiger partial charge in [-0.1, -0.05) is 23.4 Å². The van der Waals surface area contributed by atoms with Crippen LogP contribution < -0.4 is 11.1 Å². The van der Waals surface area contributed by atoms with Crippen molar-refractivity contribution in [1.29, 1.82) is 0 Å². The van der Waals surface area contributed by atoms with Crippen LogP contribution in [0, 0.1) is 5.82 Å². The maximum absolute atomic E-state index is 13.5. The van der Waals surface area contributed by atoms with Gasteiger partial charge in [0, 0.05) is 11.6 Å². The van der Waals surface area contributed by atoms with Crippen molar-refractivity contribution < 1.29 is 9.18 Å². The predicted octanol–water partition coefficient (Wildman–Crippen LogP) is 1.16. The van der Waals surface area contributed by atoms with E-state index in [1.807, 2.05) is 0 Å². The molecular weight excluding hydrogens is 319 g/mol. The Bertz CT molecular complexity index is 637. The molecule has 0 bridgehead atoms. The number of nitrogens with two attached hydrogens (primary N) is 1. The van der Waals surface area contributed by atoms with Crippen molar-refractivity contribution in [3.05, 3.63) is 29.0 Å². The largest absolute Gasteiger partial charge is 0.329 e. The molecule has 0 aliphatic rings. The molecule has 1 heterocycles. The highest BCUT2D eigenvalue weighted by Crippen LogP contribution is 2.20. The lowest BCUT2D eigenvalue weighted by Crippen LogP contribution is -2.16. The van der Waals surface area contributed by atoms with E-state index in [9.17, 15) is 9.18 Å². The van der Waals surface area contributed by atoms with Gasteiger partial charge in [0.15, 0.2) is 0 Å². The summed E-state index contributed by atoms with van der Waals surface area (Å²) in [5, 5.41) is 14.2. The molecule has 2 rings (SSSR count). The summed E-state index contributed by atoms with van der Waals surface area (Å²) in [7, 11) is 0. The number of aromatic nitrogens is 4. The van der Waals surface area contributed by atoms with Gasteiger partial charge in [-0.3, -0.25) is 4.79 Å². The number of hydrogen-bond donors (Lipinski definition) is 2. The van der Waals surface area contributed by atoms with Gasteiger partial charge in [0.05, 0.1) is 18.0 Å². The topological polar surface area (TPSA) is 98.7 Å². The zero-order valence-corrected chi connectivity index (χ0v) is 12.4. The minimum Gasteiger partial charge on any atom is -0.329 e. The molecule has 0 unspecified atom stereocenters. The lowest BCUT2D eigenvalue weighted by molar-refractivity contribution is -0.113. The number of hydrogen-bond acceptors (Lipinski definition) is 6. The van der Waals surface area contributed by atoms with Crippen molar-refractivity contribution >= 4 is 35.0 Å². The highest BCUT2D eigenvalue weighted by Gasteiger charge is 2.11. The van der Waals surface area contributed by atoms with E-state index in [0.29, 0.717) is 18.2 Å². The molecule has 1 amide bonds. The van der Waals surface area contributed by atoms with Crippen LogP contribution in [0.4, 0.5) is 10.1 Å². The molecule has 2 aromatic rings. The Kier molecular flexibility index (Phi) is 5.48. The fourth-order valence-corrected chi connectivity index (χ4v) is 2.33. The normalized spacial score (nSPS) is 10.6. The summed E-state index contributed by atoms with van der Waals surface area (Å²) < 4.78 is 15.0. The molecule has 0 radical (unpaired) electrons. The van der Waals surface area contributed by atoms with Gasteiger partial charge in [-0.15, -0.1) is 5.10 Å². The van der Waals surface area contributed by atoms with Gasteiger partial charge < -0.3 is 11.1 Å². The molecule has 0 aliphatic carbocycles. The molecule has 112 valence electrons. The molecule has 0 fully saturated rings. The maximum atomic E-state index is 13.5. The SMILES string of the molecule is NCCn1nnnc1SCC(=O)Nc1ccc(Cl)cc1F. The average molecular weight is 331 g/mol. The Hall–Kier alpha value is -1.71. The number of halogens is 2. The number of thioether (sulfide) groups is 1. The Morgan fingerprint density at radius 3 is 3.05 bits per heavy atom. The fourth-order valence-electron chi connectivity index (χ4n) is 1.47. The number of nitrogens with one attached hydrogen (secondary N) is 1. The zero-order chi connectivity index (χ0) is 15.2. The van der Waals surface area contributed by atoms with Crippen LogP contribution in [0.5, 0.6) is 0 Å². The number of anilines is 1. The van der Waals surface area contributed by atoms with Crippen LogP contribution in [0.3, 0.4) is 0 Å². The first-order chi connectivity index (χ1) is 10.1. The van der Waals surface area contributed by atoms with Crippen molar-refractivity contribution in [3.63, 3.8) is 0 Å². The third-order valence-corrected chi connectivity index (χ3v) is 3.57. The van der Waals surface area contributed by atoms with Crippen LogP contribution >= 0.6 is 23.4 Å². The van der Waals surface area contributed by atoms with Gasteiger partial charge in [-0.05, 0) is 28.6 Å². The Morgan fingerprint density at radius 1 is 1.52 bits per heavy atom. The molecular formula is C11H12ClFN6OS. The number of rotatable bonds is 6. The maximum Gasteiger partial charge on any atom is 0.234 e. The second-order valence-electron chi connectivity index (χ2n) is 3.93. The zero-order valence-electron chi connectivity index (χ0n) is 10.8. The first-order valence-corrected chi connectivity index (χ1v) is 7.30. The fraction of sp³-hybridized carbons (Fsp3) is 0.273. The van der Waals surface area contributed by atoms with Gasteiger partial charge in [-0.25, -0.2) is 9.07 Å². The lowest BCUT2D eigenvalue weighted by Gasteiger charge is -2.06. The summed E-state index contributed by atoms with van der Waals surface area (Å²) in [6.45, 7) is 0.851. The summed E-state index contributed by atoms with van der Waals surface area (Å²) in [5.74, 6) is -0.912. The first-order valence-electron chi connectivity index (χ1n) is 5.94. The molecule has 0 saturated heterocycles. The van der Waals surface area contributed by atoms with E-state index in [2.05, 4.69) is 20.8 Å². The number of benzene rings is 1. The van der Waals surface area contributed by atoms with Crippen LogP contribution in [0.25, 0.3) is 0 Å². The highest BCUT2D eigenvalue weighted by molar-refractivity contribution is 7.99. The van der Waals surface area contributed by atoms with Gasteiger partial charge in [0.1, 0.15) is 5.82 Å². The second-order valence-corrected chi connectivity index (χ2v) is 5.31. The van der Waals surface area contributed by atoms with Crippen LogP contribution in [0.2, 0.25) is 5.02 Å². The summed E-state index contributed by atoms with van der Waals surface area (Å²) in [6, 6.07) is 4.03. The van der Waals surface area contributed by atoms with Crippen molar-refractivity contribution in [2.75, 3.05) is 17.6 Å². The predicted molar refractivity (Wildman–Crippen MR) is 77.6 cm³/mol. The summed E-state index contributed by atoms with van der Waals surface area (Å²) in [5.41, 5.74) is 5.49. The van der Waals surface area contributed by atoms with Crippen LogP contribution in [0.15, 0.2) is 23.4 Å². The molecule has 21 heavy (non-hydrogen) atoms. The third kappa shape index (κ3) is 4.38. The molecule has 3 N–H and O–H groups in total. The van der Waals surface area contributed by atoms with Crippen LogP contribution in [-0.4, -0.2) is 38.4 Å². The minimum absolute atomic E-state index is 0.0486. The summed E-state index contributed by atoms with van der Waals surface area (Å²) in [4.78, 5) is 11.8. The van der Waals surface area contributed by atoms with Gasteiger partial charge in [0.2, 0.25) is 11.1 Å². The standard InChI is InChI=1S/C11H12ClFN6OS/c12-7-1-2-9(8(13)5-7)15-10(20)6-21-11-16-17-18-19(11)4-3-14/h1-2,5H,3-4,6,14H2,(H,15,20). The van der Waals surface area contributed by atoms with Crippen molar-refractivity contribution in [1.82, 2.24) is 20.2 Å². The van der Waals surface area contributed by atoms with Crippen LogP contribution in [-0.2, 0) is 11.3 Å². The number of tetrazole rings is 1. The first kappa shape index (κ1) is 15.7. The van der Waals surface area contributed by atoms with E-state index < -0.39 is 5.82 Å². The van der Waals surface area contributed by atoms with E-state index in [0.717, 1.165) is 17.8 Å². The highest BCUT2D eigenvalue weighted by atomic mass is 35.5. The van der Waals surface area contributed by atoms with Crippen LogP contribution in [0.1, 0.15) is 0 Å². The van der Waals surface area contributed by atoms with Crippen molar-refractivity contribution in [2.45, 2.75) is 11.7 Å².